The minimum atomic E-state index is -0.293. The molecule has 0 fully saturated rings. The number of carbonyl (C=O) groups is 1. The highest BCUT2D eigenvalue weighted by Gasteiger charge is 2.11. The lowest BCUT2D eigenvalue weighted by molar-refractivity contribution is 0.0526. The Labute approximate surface area is 96.6 Å². The monoisotopic (exact) mass is 224 g/mol. The van der Waals surface area contributed by atoms with Gasteiger partial charge in [-0.05, 0) is 12.8 Å². The maximum absolute atomic E-state index is 11.4. The number of hydrogen-bond acceptors (Lipinski definition) is 3. The molecule has 0 bridgehead atoms. The molecule has 1 heterocycles. The van der Waals surface area contributed by atoms with Crippen LogP contribution in [0.4, 0.5) is 0 Å². The fourth-order valence-corrected chi connectivity index (χ4v) is 1.59. The number of hydrogen-bond donors (Lipinski definition) is 0. The molecular weight excluding hydrogens is 204 g/mol. The van der Waals surface area contributed by atoms with Crippen molar-refractivity contribution in [2.75, 3.05) is 6.61 Å². The van der Waals surface area contributed by atoms with Crippen LogP contribution in [0.2, 0.25) is 0 Å². The molecule has 0 aromatic carbocycles. The fourth-order valence-electron chi connectivity index (χ4n) is 1.59. The summed E-state index contributed by atoms with van der Waals surface area (Å²) in [5.74, 6) is 0.327. The topological polar surface area (TPSA) is 44.1 Å². The van der Waals surface area contributed by atoms with E-state index in [0.29, 0.717) is 18.1 Å². The lowest BCUT2D eigenvalue weighted by atomic mass is 10.0. The summed E-state index contributed by atoms with van der Waals surface area (Å²) in [5, 5.41) is 4.17. The van der Waals surface area contributed by atoms with Crippen LogP contribution in [-0.2, 0) is 11.3 Å². The third-order valence-electron chi connectivity index (χ3n) is 2.74. The molecule has 0 aliphatic rings. The van der Waals surface area contributed by atoms with E-state index in [4.69, 9.17) is 4.74 Å². The van der Waals surface area contributed by atoms with Gasteiger partial charge in [0.15, 0.2) is 0 Å². The first kappa shape index (κ1) is 12.7. The van der Waals surface area contributed by atoms with Gasteiger partial charge in [-0.1, -0.05) is 26.7 Å². The van der Waals surface area contributed by atoms with E-state index >= 15 is 0 Å². The number of nitrogens with zero attached hydrogens (tertiary/aromatic N) is 2. The molecule has 1 rings (SSSR count). The Balaban J connectivity index is 2.60. The van der Waals surface area contributed by atoms with Crippen molar-refractivity contribution in [1.82, 2.24) is 9.78 Å². The maximum atomic E-state index is 11.4. The largest absolute Gasteiger partial charge is 0.462 e. The summed E-state index contributed by atoms with van der Waals surface area (Å²) in [6.07, 6.45) is 5.59. The van der Waals surface area contributed by atoms with Gasteiger partial charge >= 0.3 is 5.97 Å². The maximum Gasteiger partial charge on any atom is 0.341 e. The Morgan fingerprint density at radius 1 is 1.44 bits per heavy atom. The molecule has 0 saturated carbocycles. The predicted molar refractivity (Wildman–Crippen MR) is 62.3 cm³/mol. The van der Waals surface area contributed by atoms with Crippen LogP contribution in [0.1, 0.15) is 44.0 Å². The molecule has 0 aliphatic heterocycles. The smallest absolute Gasteiger partial charge is 0.341 e. The number of carbonyl (C=O) groups excluding carboxylic acids is 1. The van der Waals surface area contributed by atoms with Gasteiger partial charge in [-0.15, -0.1) is 0 Å². The van der Waals surface area contributed by atoms with Crippen LogP contribution in [0.25, 0.3) is 0 Å². The Kier molecular flexibility index (Phi) is 5.02. The standard InChI is InChI=1S/C12H20N2O2/c1-4-10(5-2)8-14-9-11(7-13-14)12(15)16-6-3/h7,9-10H,4-6,8H2,1-3H3. The van der Waals surface area contributed by atoms with Gasteiger partial charge in [0.1, 0.15) is 0 Å². The number of esters is 1. The summed E-state index contributed by atoms with van der Waals surface area (Å²) in [4.78, 5) is 11.4. The predicted octanol–water partition coefficient (Wildman–Crippen LogP) is 2.50. The lowest BCUT2D eigenvalue weighted by Crippen LogP contribution is -2.09. The van der Waals surface area contributed by atoms with E-state index in [9.17, 15) is 4.79 Å². The summed E-state index contributed by atoms with van der Waals surface area (Å²) >= 11 is 0. The van der Waals surface area contributed by atoms with E-state index in [0.717, 1.165) is 19.4 Å². The first-order valence-electron chi connectivity index (χ1n) is 5.90. The molecule has 90 valence electrons. The molecule has 0 radical (unpaired) electrons. The van der Waals surface area contributed by atoms with E-state index in [1.807, 2.05) is 4.68 Å². The molecule has 1 aromatic rings. The summed E-state index contributed by atoms with van der Waals surface area (Å²) < 4.78 is 6.73. The van der Waals surface area contributed by atoms with Crippen LogP contribution in [0.15, 0.2) is 12.4 Å². The van der Waals surface area contributed by atoms with Gasteiger partial charge in [0, 0.05) is 12.7 Å². The van der Waals surface area contributed by atoms with Crippen LogP contribution in [0.3, 0.4) is 0 Å². The van der Waals surface area contributed by atoms with Crippen LogP contribution in [-0.4, -0.2) is 22.4 Å². The Hall–Kier alpha value is -1.32. The van der Waals surface area contributed by atoms with Crippen molar-refractivity contribution < 1.29 is 9.53 Å². The van der Waals surface area contributed by atoms with Gasteiger partial charge in [0.25, 0.3) is 0 Å². The highest BCUT2D eigenvalue weighted by molar-refractivity contribution is 5.88. The van der Waals surface area contributed by atoms with E-state index < -0.39 is 0 Å². The van der Waals surface area contributed by atoms with E-state index in [1.54, 1.807) is 19.3 Å². The first-order valence-corrected chi connectivity index (χ1v) is 5.90. The zero-order valence-electron chi connectivity index (χ0n) is 10.3. The van der Waals surface area contributed by atoms with Crippen molar-refractivity contribution in [2.24, 2.45) is 5.92 Å². The van der Waals surface area contributed by atoms with E-state index in [2.05, 4.69) is 18.9 Å². The second kappa shape index (κ2) is 6.30. The summed E-state index contributed by atoms with van der Waals surface area (Å²) in [6, 6.07) is 0. The quantitative estimate of drug-likeness (QED) is 0.697. The summed E-state index contributed by atoms with van der Waals surface area (Å²) in [7, 11) is 0. The summed E-state index contributed by atoms with van der Waals surface area (Å²) in [5.41, 5.74) is 0.535. The SMILES string of the molecule is CCOC(=O)c1cnn(CC(CC)CC)c1. The molecule has 0 aliphatic carbocycles. The van der Waals surface area contributed by atoms with Crippen LogP contribution in [0, 0.1) is 5.92 Å². The highest BCUT2D eigenvalue weighted by Crippen LogP contribution is 2.11. The van der Waals surface area contributed by atoms with Crippen molar-refractivity contribution in [3.05, 3.63) is 18.0 Å². The molecule has 16 heavy (non-hydrogen) atoms. The zero-order valence-corrected chi connectivity index (χ0v) is 10.3. The molecule has 0 amide bonds. The van der Waals surface area contributed by atoms with Crippen molar-refractivity contribution in [2.45, 2.75) is 40.2 Å². The second-order valence-electron chi connectivity index (χ2n) is 3.85. The molecule has 0 saturated heterocycles. The zero-order chi connectivity index (χ0) is 12.0. The normalized spacial score (nSPS) is 10.8. The molecule has 0 unspecified atom stereocenters. The van der Waals surface area contributed by atoms with E-state index in [-0.39, 0.29) is 5.97 Å². The van der Waals surface area contributed by atoms with Crippen LogP contribution >= 0.6 is 0 Å². The molecule has 0 atom stereocenters. The van der Waals surface area contributed by atoms with Gasteiger partial charge in [-0.2, -0.15) is 5.10 Å². The Morgan fingerprint density at radius 3 is 2.69 bits per heavy atom. The van der Waals surface area contributed by atoms with Gasteiger partial charge in [-0.25, -0.2) is 4.79 Å². The third-order valence-corrected chi connectivity index (χ3v) is 2.74. The third kappa shape index (κ3) is 3.36. The molecule has 4 nitrogen and oxygen atoms in total. The molecule has 1 aromatic heterocycles. The van der Waals surface area contributed by atoms with Gasteiger partial charge in [0.2, 0.25) is 0 Å². The molecular formula is C12H20N2O2. The first-order chi connectivity index (χ1) is 7.71. The molecule has 0 N–H and O–H groups in total. The van der Waals surface area contributed by atoms with Crippen molar-refractivity contribution in [3.63, 3.8) is 0 Å². The van der Waals surface area contributed by atoms with Crippen molar-refractivity contribution in [3.8, 4) is 0 Å². The number of ether oxygens (including phenoxy) is 1. The van der Waals surface area contributed by atoms with Crippen molar-refractivity contribution in [1.29, 1.82) is 0 Å². The molecule has 0 spiro atoms. The van der Waals surface area contributed by atoms with Crippen LogP contribution in [0.5, 0.6) is 0 Å². The minimum Gasteiger partial charge on any atom is -0.462 e. The number of rotatable bonds is 6. The van der Waals surface area contributed by atoms with Gasteiger partial charge in [-0.3, -0.25) is 4.68 Å². The van der Waals surface area contributed by atoms with Crippen LogP contribution < -0.4 is 0 Å². The lowest BCUT2D eigenvalue weighted by Gasteiger charge is -2.11. The average Bonchev–Trinajstić information content (AvgIpc) is 2.74. The highest BCUT2D eigenvalue weighted by atomic mass is 16.5. The van der Waals surface area contributed by atoms with E-state index in [1.165, 1.54) is 0 Å². The van der Waals surface area contributed by atoms with Gasteiger partial charge < -0.3 is 4.74 Å². The van der Waals surface area contributed by atoms with Crippen molar-refractivity contribution >= 4 is 5.97 Å². The number of aromatic nitrogens is 2. The Bertz CT molecular complexity index is 330. The fraction of sp³-hybridized carbons (Fsp3) is 0.667. The summed E-state index contributed by atoms with van der Waals surface area (Å²) in [6.45, 7) is 7.41. The second-order valence-corrected chi connectivity index (χ2v) is 3.85. The van der Waals surface area contributed by atoms with Gasteiger partial charge in [0.05, 0.1) is 18.4 Å². The Morgan fingerprint density at radius 2 is 2.12 bits per heavy atom. The molecule has 4 heteroatoms. The minimum absolute atomic E-state index is 0.293. The average molecular weight is 224 g/mol.